The van der Waals surface area contributed by atoms with Crippen LogP contribution in [-0.4, -0.2) is 96.8 Å². The molecule has 1 aliphatic heterocycles. The second kappa shape index (κ2) is 18.4. The van der Waals surface area contributed by atoms with E-state index in [-0.39, 0.29) is 23.3 Å². The van der Waals surface area contributed by atoms with E-state index in [2.05, 4.69) is 0 Å². The molecule has 0 spiro atoms. The maximum absolute atomic E-state index is 11.5. The second-order valence-corrected chi connectivity index (χ2v) is 13.3. The van der Waals surface area contributed by atoms with Gasteiger partial charge in [0.05, 0.1) is 30.5 Å². The van der Waals surface area contributed by atoms with Gasteiger partial charge in [0.2, 0.25) is 0 Å². The minimum Gasteiger partial charge on any atom is -0.478 e. The maximum atomic E-state index is 11.5. The van der Waals surface area contributed by atoms with E-state index in [0.717, 1.165) is 12.0 Å². The molecule has 0 aromatic carbocycles. The Morgan fingerprint density at radius 3 is 1.67 bits per heavy atom. The van der Waals surface area contributed by atoms with E-state index in [1.54, 1.807) is 33.8 Å². The van der Waals surface area contributed by atoms with Gasteiger partial charge in [-0.25, -0.2) is 4.79 Å². The lowest BCUT2D eigenvalue weighted by atomic mass is 9.87. The lowest BCUT2D eigenvalue weighted by Gasteiger charge is -2.41. The number of carboxylic acid groups (broad SMARTS) is 1. The van der Waals surface area contributed by atoms with E-state index in [0.29, 0.717) is 11.1 Å². The van der Waals surface area contributed by atoms with Gasteiger partial charge in [-0.15, -0.1) is 0 Å². The number of ether oxygens (including phenoxy) is 2. The van der Waals surface area contributed by atoms with E-state index < -0.39 is 72.9 Å². The average molecular weight is 641 g/mol. The Hall–Kier alpha value is -1.89. The SMILES string of the molecule is CCC(C)C(O)C(C)/C=C(\C)[C@@H](O)[C@@H](C)/C=C(\C)[C@@H](O)[C@@H](C)/C=C(\C)[C@@H](O[C@@H]1O[C@@H](C)[C@H](O)[C@@H](O)[C@H]1O)[C@@H](C)/C=C(\C)C(=O)O. The Kier molecular flexibility index (Phi) is 16.9. The number of hydrogen-bond donors (Lipinski definition) is 7. The van der Waals surface area contributed by atoms with Crippen molar-refractivity contribution in [2.45, 2.75) is 138 Å². The number of carboxylic acids is 1. The van der Waals surface area contributed by atoms with Gasteiger partial charge in [0, 0.05) is 29.2 Å². The summed E-state index contributed by atoms with van der Waals surface area (Å²) in [5.41, 5.74) is 2.14. The fourth-order valence-electron chi connectivity index (χ4n) is 5.88. The molecule has 0 aromatic rings. The molecule has 45 heavy (non-hydrogen) atoms. The molecule has 1 rings (SSSR count). The summed E-state index contributed by atoms with van der Waals surface area (Å²) in [6, 6.07) is 0. The Labute approximate surface area is 269 Å². The molecule has 260 valence electrons. The Balaban J connectivity index is 3.22. The molecule has 0 aliphatic carbocycles. The molecule has 3 unspecified atom stereocenters. The van der Waals surface area contributed by atoms with E-state index in [1.165, 1.54) is 13.0 Å². The molecular formula is C35H60O10. The lowest BCUT2D eigenvalue weighted by molar-refractivity contribution is -0.303. The number of hydrogen-bond acceptors (Lipinski definition) is 9. The fourth-order valence-corrected chi connectivity index (χ4v) is 5.88. The fraction of sp³-hybridized carbons (Fsp3) is 0.743. The van der Waals surface area contributed by atoms with Crippen molar-refractivity contribution in [3.8, 4) is 0 Å². The molecule has 1 heterocycles. The van der Waals surface area contributed by atoms with Gasteiger partial charge in [-0.1, -0.05) is 72.3 Å². The number of aliphatic hydroxyl groups is 6. The molecule has 0 saturated carbocycles. The van der Waals surface area contributed by atoms with Gasteiger partial charge in [-0.05, 0) is 57.3 Å². The summed E-state index contributed by atoms with van der Waals surface area (Å²) in [6.07, 6.45) is -1.52. The van der Waals surface area contributed by atoms with Crippen LogP contribution in [0.2, 0.25) is 0 Å². The molecule has 10 nitrogen and oxygen atoms in total. The minimum atomic E-state index is -1.54. The molecule has 1 aliphatic rings. The largest absolute Gasteiger partial charge is 0.478 e. The van der Waals surface area contributed by atoms with Gasteiger partial charge in [-0.3, -0.25) is 0 Å². The highest BCUT2D eigenvalue weighted by Crippen LogP contribution is 2.30. The topological polar surface area (TPSA) is 177 Å². The van der Waals surface area contributed by atoms with E-state index >= 15 is 0 Å². The maximum Gasteiger partial charge on any atom is 0.330 e. The molecule has 0 radical (unpaired) electrons. The summed E-state index contributed by atoms with van der Waals surface area (Å²) in [6.45, 7) is 19.8. The van der Waals surface area contributed by atoms with Gasteiger partial charge in [0.15, 0.2) is 6.29 Å². The molecule has 0 amide bonds. The zero-order valence-corrected chi connectivity index (χ0v) is 29.0. The zero-order chi connectivity index (χ0) is 34.9. The van der Waals surface area contributed by atoms with E-state index in [1.807, 2.05) is 53.7 Å². The first-order valence-corrected chi connectivity index (χ1v) is 16.1. The van der Waals surface area contributed by atoms with Crippen molar-refractivity contribution < 1.29 is 50.0 Å². The van der Waals surface area contributed by atoms with Crippen molar-refractivity contribution in [2.75, 3.05) is 0 Å². The van der Waals surface area contributed by atoms with Crippen LogP contribution in [0.3, 0.4) is 0 Å². The van der Waals surface area contributed by atoms with Gasteiger partial charge in [-0.2, -0.15) is 0 Å². The van der Waals surface area contributed by atoms with Gasteiger partial charge in [0.25, 0.3) is 0 Å². The number of aliphatic hydroxyl groups excluding tert-OH is 6. The Morgan fingerprint density at radius 2 is 1.20 bits per heavy atom. The van der Waals surface area contributed by atoms with E-state index in [9.17, 15) is 40.5 Å². The predicted octanol–water partition coefficient (Wildman–Crippen LogP) is 3.74. The molecule has 0 aromatic heterocycles. The third-order valence-corrected chi connectivity index (χ3v) is 9.14. The first kappa shape index (κ1) is 41.1. The second-order valence-electron chi connectivity index (χ2n) is 13.3. The molecule has 1 saturated heterocycles. The van der Waals surface area contributed by atoms with Crippen LogP contribution in [0.1, 0.15) is 82.6 Å². The monoisotopic (exact) mass is 640 g/mol. The molecule has 1 fully saturated rings. The van der Waals surface area contributed by atoms with Crippen LogP contribution in [0.15, 0.2) is 46.6 Å². The standard InChI is InChI=1S/C35H60O10/c1-12-17(2)27(36)18(3)13-19(4)28(37)20(5)14-21(6)29(38)22(7)15-23(8)33(24(9)16-25(10)34(42)43)45-35-32(41)31(40)30(39)26(11)44-35/h13-18,20,22,24,26-33,35-41H,12H2,1-11H3,(H,42,43)/b19-13+,21-14+,23-15+,25-16+/t17?,18?,20-,22-,24-,26-,27?,28+,29+,30-,31+,32+,33+,35-/m0/s1. The van der Waals surface area contributed by atoms with Crippen molar-refractivity contribution >= 4 is 5.97 Å². The quantitative estimate of drug-likeness (QED) is 0.0972. The molecule has 14 atom stereocenters. The van der Waals surface area contributed by atoms with Crippen LogP contribution < -0.4 is 0 Å². The van der Waals surface area contributed by atoms with Crippen LogP contribution >= 0.6 is 0 Å². The molecule has 10 heteroatoms. The van der Waals surface area contributed by atoms with Gasteiger partial charge in [0.1, 0.15) is 18.3 Å². The highest BCUT2D eigenvalue weighted by molar-refractivity contribution is 5.85. The Bertz CT molecular complexity index is 1060. The predicted molar refractivity (Wildman–Crippen MR) is 174 cm³/mol. The molecule has 7 N–H and O–H groups in total. The van der Waals surface area contributed by atoms with Crippen molar-refractivity contribution in [1.29, 1.82) is 0 Å². The summed E-state index contributed by atoms with van der Waals surface area (Å²) in [7, 11) is 0. The number of carbonyl (C=O) groups is 1. The van der Waals surface area contributed by atoms with Gasteiger partial charge >= 0.3 is 5.97 Å². The van der Waals surface area contributed by atoms with Crippen molar-refractivity contribution in [3.63, 3.8) is 0 Å². The summed E-state index contributed by atoms with van der Waals surface area (Å²) >= 11 is 0. The first-order chi connectivity index (χ1) is 20.7. The first-order valence-electron chi connectivity index (χ1n) is 16.1. The van der Waals surface area contributed by atoms with Crippen LogP contribution in [-0.2, 0) is 14.3 Å². The molecule has 0 bridgehead atoms. The van der Waals surface area contributed by atoms with Crippen LogP contribution in [0.4, 0.5) is 0 Å². The van der Waals surface area contributed by atoms with Crippen molar-refractivity contribution in [1.82, 2.24) is 0 Å². The van der Waals surface area contributed by atoms with Crippen molar-refractivity contribution in [3.05, 3.63) is 46.6 Å². The summed E-state index contributed by atoms with van der Waals surface area (Å²) < 4.78 is 11.8. The average Bonchev–Trinajstić information content (AvgIpc) is 2.98. The zero-order valence-electron chi connectivity index (χ0n) is 29.0. The summed E-state index contributed by atoms with van der Waals surface area (Å²) in [4.78, 5) is 11.5. The highest BCUT2D eigenvalue weighted by Gasteiger charge is 2.44. The summed E-state index contributed by atoms with van der Waals surface area (Å²) in [5.74, 6) is -2.29. The van der Waals surface area contributed by atoms with E-state index in [4.69, 9.17) is 9.47 Å². The lowest BCUT2D eigenvalue weighted by Crippen LogP contribution is -2.58. The van der Waals surface area contributed by atoms with Gasteiger partial charge < -0.3 is 45.2 Å². The van der Waals surface area contributed by atoms with Crippen LogP contribution in [0.5, 0.6) is 0 Å². The minimum absolute atomic E-state index is 0.102. The van der Waals surface area contributed by atoms with Crippen molar-refractivity contribution in [2.24, 2.45) is 29.6 Å². The van der Waals surface area contributed by atoms with Crippen LogP contribution in [0.25, 0.3) is 0 Å². The number of rotatable bonds is 16. The third-order valence-electron chi connectivity index (χ3n) is 9.14. The normalized spacial score (nSPS) is 30.1. The summed E-state index contributed by atoms with van der Waals surface area (Å²) in [5, 5.41) is 73.1. The molecular weight excluding hydrogens is 580 g/mol. The number of aliphatic carboxylic acids is 1. The highest BCUT2D eigenvalue weighted by atomic mass is 16.7. The van der Waals surface area contributed by atoms with Crippen LogP contribution in [0, 0.1) is 29.6 Å². The third kappa shape index (κ3) is 11.7. The Morgan fingerprint density at radius 1 is 0.733 bits per heavy atom. The smallest absolute Gasteiger partial charge is 0.330 e.